The van der Waals surface area contributed by atoms with E-state index >= 15 is 0 Å². The fourth-order valence-corrected chi connectivity index (χ4v) is 2.92. The summed E-state index contributed by atoms with van der Waals surface area (Å²) in [6.07, 6.45) is 3.38. The van der Waals surface area contributed by atoms with Gasteiger partial charge in [-0.25, -0.2) is 0 Å². The van der Waals surface area contributed by atoms with Crippen LogP contribution >= 0.6 is 27.7 Å². The van der Waals surface area contributed by atoms with Crippen molar-refractivity contribution in [3.05, 3.63) is 28.2 Å². The number of halogens is 1. The van der Waals surface area contributed by atoms with Crippen LogP contribution in [0.15, 0.2) is 22.7 Å². The molecule has 1 aromatic rings. The minimum absolute atomic E-state index is 0.558. The molecule has 19 heavy (non-hydrogen) atoms. The van der Waals surface area contributed by atoms with Gasteiger partial charge in [0.25, 0.3) is 0 Å². The summed E-state index contributed by atoms with van der Waals surface area (Å²) < 4.78 is 1.15. The number of hydrogen-bond acceptors (Lipinski definition) is 3. The SMILES string of the molecule is CCNCc1ccc(Br)cc1N(C)C(C)CCSC. The summed E-state index contributed by atoms with van der Waals surface area (Å²) in [5.74, 6) is 1.21. The molecule has 0 saturated heterocycles. The third-order valence-electron chi connectivity index (χ3n) is 3.39. The Morgan fingerprint density at radius 2 is 2.16 bits per heavy atom. The molecule has 0 amide bonds. The second-order valence-electron chi connectivity index (χ2n) is 4.79. The molecule has 0 aromatic heterocycles. The zero-order valence-corrected chi connectivity index (χ0v) is 14.8. The maximum Gasteiger partial charge on any atom is 0.0422 e. The van der Waals surface area contributed by atoms with Crippen LogP contribution in [0.3, 0.4) is 0 Å². The molecule has 0 fully saturated rings. The van der Waals surface area contributed by atoms with Crippen molar-refractivity contribution in [2.24, 2.45) is 0 Å². The van der Waals surface area contributed by atoms with Crippen LogP contribution in [0.4, 0.5) is 5.69 Å². The molecule has 1 rings (SSSR count). The Balaban J connectivity index is 2.85. The molecule has 0 saturated carbocycles. The van der Waals surface area contributed by atoms with E-state index in [-0.39, 0.29) is 0 Å². The predicted octanol–water partition coefficient (Wildman–Crippen LogP) is 4.14. The van der Waals surface area contributed by atoms with E-state index in [0.717, 1.165) is 17.6 Å². The van der Waals surface area contributed by atoms with Crippen molar-refractivity contribution in [3.63, 3.8) is 0 Å². The second-order valence-corrected chi connectivity index (χ2v) is 6.70. The lowest BCUT2D eigenvalue weighted by molar-refractivity contribution is 0.659. The molecule has 0 aliphatic carbocycles. The first kappa shape index (κ1) is 16.9. The Bertz CT molecular complexity index is 384. The lowest BCUT2D eigenvalue weighted by Gasteiger charge is -2.29. The van der Waals surface area contributed by atoms with Gasteiger partial charge in [0.2, 0.25) is 0 Å². The predicted molar refractivity (Wildman–Crippen MR) is 92.4 cm³/mol. The maximum atomic E-state index is 3.58. The lowest BCUT2D eigenvalue weighted by Crippen LogP contribution is -2.30. The molecule has 0 spiro atoms. The van der Waals surface area contributed by atoms with Gasteiger partial charge in [-0.2, -0.15) is 11.8 Å². The Morgan fingerprint density at radius 3 is 2.79 bits per heavy atom. The van der Waals surface area contributed by atoms with Crippen molar-refractivity contribution in [1.82, 2.24) is 5.32 Å². The fourth-order valence-electron chi connectivity index (χ4n) is 1.99. The van der Waals surface area contributed by atoms with E-state index in [1.165, 1.54) is 23.4 Å². The molecule has 1 N–H and O–H groups in total. The van der Waals surface area contributed by atoms with Crippen molar-refractivity contribution >= 4 is 33.4 Å². The first-order valence-electron chi connectivity index (χ1n) is 6.81. The minimum Gasteiger partial charge on any atom is -0.372 e. The van der Waals surface area contributed by atoms with Crippen molar-refractivity contribution < 1.29 is 0 Å². The zero-order valence-electron chi connectivity index (χ0n) is 12.4. The molecule has 4 heteroatoms. The summed E-state index contributed by atoms with van der Waals surface area (Å²) in [5, 5.41) is 3.42. The Labute approximate surface area is 130 Å². The van der Waals surface area contributed by atoms with Gasteiger partial charge in [-0.05, 0) is 49.6 Å². The van der Waals surface area contributed by atoms with Crippen LogP contribution in [0.1, 0.15) is 25.8 Å². The topological polar surface area (TPSA) is 15.3 Å². The number of rotatable bonds is 8. The van der Waals surface area contributed by atoms with Gasteiger partial charge in [-0.15, -0.1) is 0 Å². The molecule has 0 bridgehead atoms. The number of nitrogens with zero attached hydrogens (tertiary/aromatic N) is 1. The van der Waals surface area contributed by atoms with Crippen LogP contribution in [-0.4, -0.2) is 31.6 Å². The average molecular weight is 345 g/mol. The lowest BCUT2D eigenvalue weighted by atomic mass is 10.1. The van der Waals surface area contributed by atoms with Crippen molar-refractivity contribution in [1.29, 1.82) is 0 Å². The number of thioether (sulfide) groups is 1. The summed E-state index contributed by atoms with van der Waals surface area (Å²) in [7, 11) is 2.20. The minimum atomic E-state index is 0.558. The Kier molecular flexibility index (Phi) is 7.88. The summed E-state index contributed by atoms with van der Waals surface area (Å²) in [5.41, 5.74) is 2.69. The fraction of sp³-hybridized carbons (Fsp3) is 0.600. The third kappa shape index (κ3) is 5.36. The number of benzene rings is 1. The van der Waals surface area contributed by atoms with Crippen LogP contribution in [0, 0.1) is 0 Å². The monoisotopic (exact) mass is 344 g/mol. The molecule has 0 heterocycles. The van der Waals surface area contributed by atoms with Crippen molar-refractivity contribution in [3.8, 4) is 0 Å². The quantitative estimate of drug-likeness (QED) is 0.762. The van der Waals surface area contributed by atoms with E-state index < -0.39 is 0 Å². The molecule has 1 aromatic carbocycles. The van der Waals surface area contributed by atoms with Gasteiger partial charge < -0.3 is 10.2 Å². The average Bonchev–Trinajstić information content (AvgIpc) is 2.42. The van der Waals surface area contributed by atoms with E-state index in [0.29, 0.717) is 6.04 Å². The van der Waals surface area contributed by atoms with Gasteiger partial charge in [-0.1, -0.05) is 28.9 Å². The largest absolute Gasteiger partial charge is 0.372 e. The molecule has 1 unspecified atom stereocenters. The Hall–Kier alpha value is -0.190. The molecular formula is C15H25BrN2S. The van der Waals surface area contributed by atoms with Crippen molar-refractivity contribution in [2.45, 2.75) is 32.9 Å². The van der Waals surface area contributed by atoms with Crippen molar-refractivity contribution in [2.75, 3.05) is 30.5 Å². The first-order chi connectivity index (χ1) is 9.10. The highest BCUT2D eigenvalue weighted by Crippen LogP contribution is 2.26. The number of nitrogens with one attached hydrogen (secondary N) is 1. The highest BCUT2D eigenvalue weighted by atomic mass is 79.9. The third-order valence-corrected chi connectivity index (χ3v) is 4.53. The highest BCUT2D eigenvalue weighted by molar-refractivity contribution is 9.10. The first-order valence-corrected chi connectivity index (χ1v) is 8.99. The summed E-state index contributed by atoms with van der Waals surface area (Å²) in [6.45, 7) is 6.37. The molecule has 108 valence electrons. The second kappa shape index (κ2) is 8.88. The van der Waals surface area contributed by atoms with Crippen LogP contribution in [-0.2, 0) is 6.54 Å². The van der Waals surface area contributed by atoms with Crippen LogP contribution in [0.25, 0.3) is 0 Å². The Morgan fingerprint density at radius 1 is 1.42 bits per heavy atom. The van der Waals surface area contributed by atoms with Crippen LogP contribution in [0.5, 0.6) is 0 Å². The van der Waals surface area contributed by atoms with Gasteiger partial charge >= 0.3 is 0 Å². The normalized spacial score (nSPS) is 12.5. The number of hydrogen-bond donors (Lipinski definition) is 1. The highest BCUT2D eigenvalue weighted by Gasteiger charge is 2.13. The smallest absolute Gasteiger partial charge is 0.0422 e. The van der Waals surface area contributed by atoms with E-state index in [1.54, 1.807) is 0 Å². The maximum absolute atomic E-state index is 3.58. The van der Waals surface area contributed by atoms with E-state index in [4.69, 9.17) is 0 Å². The molecular weight excluding hydrogens is 320 g/mol. The summed E-state index contributed by atoms with van der Waals surface area (Å²) in [6, 6.07) is 7.11. The number of anilines is 1. The molecule has 0 aliphatic rings. The zero-order chi connectivity index (χ0) is 14.3. The van der Waals surface area contributed by atoms with Gasteiger partial charge in [0, 0.05) is 29.8 Å². The van der Waals surface area contributed by atoms with Gasteiger partial charge in [0.1, 0.15) is 0 Å². The molecule has 0 radical (unpaired) electrons. The molecule has 1 atom stereocenters. The van der Waals surface area contributed by atoms with E-state index in [9.17, 15) is 0 Å². The summed E-state index contributed by atoms with van der Waals surface area (Å²) >= 11 is 5.50. The van der Waals surface area contributed by atoms with E-state index in [1.807, 2.05) is 11.8 Å². The van der Waals surface area contributed by atoms with E-state index in [2.05, 4.69) is 71.5 Å². The standard InChI is InChI=1S/C15H25BrN2S/c1-5-17-11-13-6-7-14(16)10-15(13)18(3)12(2)8-9-19-4/h6-7,10,12,17H,5,8-9,11H2,1-4H3. The molecule has 0 aliphatic heterocycles. The van der Waals surface area contributed by atoms with Gasteiger partial charge in [-0.3, -0.25) is 0 Å². The van der Waals surface area contributed by atoms with Gasteiger partial charge in [0.05, 0.1) is 0 Å². The van der Waals surface area contributed by atoms with Crippen LogP contribution < -0.4 is 10.2 Å². The molecule has 2 nitrogen and oxygen atoms in total. The van der Waals surface area contributed by atoms with Crippen LogP contribution in [0.2, 0.25) is 0 Å². The summed E-state index contributed by atoms with van der Waals surface area (Å²) in [4.78, 5) is 2.40. The van der Waals surface area contributed by atoms with Gasteiger partial charge in [0.15, 0.2) is 0 Å².